The summed E-state index contributed by atoms with van der Waals surface area (Å²) in [5.41, 5.74) is 6.11. The van der Waals surface area contributed by atoms with Gasteiger partial charge in [-0.1, -0.05) is 44.0 Å². The zero-order valence-corrected chi connectivity index (χ0v) is 26.1. The predicted molar refractivity (Wildman–Crippen MR) is 165 cm³/mol. The van der Waals surface area contributed by atoms with Gasteiger partial charge in [0.15, 0.2) is 11.2 Å². The van der Waals surface area contributed by atoms with E-state index in [-0.39, 0.29) is 29.2 Å². The molecule has 0 fully saturated rings. The number of H-pyrrole nitrogens is 1. The summed E-state index contributed by atoms with van der Waals surface area (Å²) in [6.07, 6.45) is 5.68. The molecule has 2 aromatic heterocycles. The maximum atomic E-state index is 12.5. The Morgan fingerprint density at radius 1 is 1.07 bits per heavy atom. The first-order chi connectivity index (χ1) is 19.7. The standard InChI is InChI=1S/C19H16Cl3N7O6.C6H15P/c20-12(19(21,22)17(34)35)10(16(32)33)27-14(30)7-1-3-8(4-2-7)24-5-9-6-25-13-11(26-9)15(31)29-18(23)28-13;1-4-7(5-2)6-3/h1-4,6,10,12,24H,5H2,(H,27,30)(H,32,33)(H,34,35)(H3,23,25,28,29,31);4-6H2,1-3H3/t10-,12?;/m0./s1. The van der Waals surface area contributed by atoms with Crippen molar-refractivity contribution >= 4 is 83.4 Å². The number of fused-ring (bicyclic) bond motifs is 1. The third kappa shape index (κ3) is 9.38. The molecule has 0 spiro atoms. The molecule has 0 saturated carbocycles. The highest BCUT2D eigenvalue weighted by molar-refractivity contribution is 7.57. The summed E-state index contributed by atoms with van der Waals surface area (Å²) in [7, 11) is 0.446. The smallest absolute Gasteiger partial charge is 0.341 e. The number of carbonyl (C=O) groups is 3. The first-order valence-electron chi connectivity index (χ1n) is 12.6. The first kappa shape index (κ1) is 34.9. The lowest BCUT2D eigenvalue weighted by molar-refractivity contribution is -0.140. The van der Waals surface area contributed by atoms with Gasteiger partial charge in [-0.15, -0.1) is 19.5 Å². The Labute approximate surface area is 257 Å². The number of nitrogens with zero attached hydrogens (tertiary/aromatic N) is 3. The molecule has 0 aliphatic rings. The van der Waals surface area contributed by atoms with Crippen LogP contribution in [0.2, 0.25) is 0 Å². The van der Waals surface area contributed by atoms with E-state index in [9.17, 15) is 24.3 Å². The summed E-state index contributed by atoms with van der Waals surface area (Å²) in [5, 5.41) is 21.6. The van der Waals surface area contributed by atoms with Crippen molar-refractivity contribution < 1.29 is 24.6 Å². The molecule has 0 radical (unpaired) electrons. The number of carboxylic acid groups (broad SMARTS) is 2. The topological polar surface area (TPSA) is 213 Å². The van der Waals surface area contributed by atoms with E-state index < -0.39 is 39.2 Å². The quantitative estimate of drug-likeness (QED) is 0.122. The zero-order chi connectivity index (χ0) is 31.6. The van der Waals surface area contributed by atoms with Crippen LogP contribution in [0.25, 0.3) is 11.2 Å². The number of amides is 1. The second kappa shape index (κ2) is 15.8. The molecule has 1 unspecified atom stereocenters. The van der Waals surface area contributed by atoms with Gasteiger partial charge in [0, 0.05) is 11.3 Å². The van der Waals surface area contributed by atoms with Gasteiger partial charge in [-0.25, -0.2) is 19.6 Å². The maximum Gasteiger partial charge on any atom is 0.341 e. The fourth-order valence-electron chi connectivity index (χ4n) is 3.47. The molecule has 0 aliphatic heterocycles. The number of nitrogens with two attached hydrogens (primary N) is 1. The average molecular weight is 663 g/mol. The van der Waals surface area contributed by atoms with E-state index in [1.165, 1.54) is 48.9 Å². The molecule has 3 rings (SSSR count). The number of nitrogen functional groups attached to an aromatic ring is 1. The monoisotopic (exact) mass is 661 g/mol. The van der Waals surface area contributed by atoms with E-state index in [0.29, 0.717) is 19.3 Å². The number of aliphatic carboxylic acids is 2. The molecular weight excluding hydrogens is 632 g/mol. The zero-order valence-electron chi connectivity index (χ0n) is 22.9. The molecule has 42 heavy (non-hydrogen) atoms. The Hall–Kier alpha value is -3.25. The van der Waals surface area contributed by atoms with Crippen molar-refractivity contribution in [1.82, 2.24) is 25.3 Å². The van der Waals surface area contributed by atoms with Crippen molar-refractivity contribution in [3.8, 4) is 0 Å². The molecule has 2 atom stereocenters. The van der Waals surface area contributed by atoms with Crippen LogP contribution in [0.4, 0.5) is 11.6 Å². The number of aromatic amines is 1. The van der Waals surface area contributed by atoms with Crippen LogP contribution >= 0.6 is 42.7 Å². The number of halogens is 3. The van der Waals surface area contributed by atoms with Gasteiger partial charge in [-0.2, -0.15) is 4.98 Å². The molecule has 0 bridgehead atoms. The van der Waals surface area contributed by atoms with E-state index in [2.05, 4.69) is 51.3 Å². The molecule has 2 heterocycles. The number of carboxylic acids is 2. The van der Waals surface area contributed by atoms with Gasteiger partial charge in [0.05, 0.1) is 18.4 Å². The highest BCUT2D eigenvalue weighted by atomic mass is 35.5. The maximum absolute atomic E-state index is 12.5. The highest BCUT2D eigenvalue weighted by Gasteiger charge is 2.49. The number of nitrogens with one attached hydrogen (secondary N) is 3. The predicted octanol–water partition coefficient (Wildman–Crippen LogP) is 3.48. The molecule has 0 saturated heterocycles. The summed E-state index contributed by atoms with van der Waals surface area (Å²) in [6, 6.07) is 3.92. The third-order valence-electron chi connectivity index (χ3n) is 5.93. The van der Waals surface area contributed by atoms with Crippen LogP contribution in [-0.2, 0) is 16.1 Å². The lowest BCUT2D eigenvalue weighted by Crippen LogP contribution is -2.54. The average Bonchev–Trinajstić information content (AvgIpc) is 2.95. The summed E-state index contributed by atoms with van der Waals surface area (Å²) >= 11 is 17.1. The largest absolute Gasteiger partial charge is 0.480 e. The minimum absolute atomic E-state index is 0.0249. The number of benzene rings is 1. The number of carbonyl (C=O) groups excluding carboxylic acids is 1. The lowest BCUT2D eigenvalue weighted by atomic mass is 10.1. The number of aromatic nitrogens is 4. The summed E-state index contributed by atoms with van der Waals surface area (Å²) < 4.78 is -2.66. The molecule has 13 nitrogen and oxygen atoms in total. The number of hydrogen-bond donors (Lipinski definition) is 6. The van der Waals surface area contributed by atoms with Crippen molar-refractivity contribution in [3.05, 3.63) is 52.1 Å². The molecule has 1 amide bonds. The minimum Gasteiger partial charge on any atom is -0.480 e. The van der Waals surface area contributed by atoms with Crippen LogP contribution < -0.4 is 21.9 Å². The first-order valence-corrected chi connectivity index (χ1v) is 15.7. The van der Waals surface area contributed by atoms with Crippen LogP contribution in [0.15, 0.2) is 35.3 Å². The van der Waals surface area contributed by atoms with Gasteiger partial charge in [0.25, 0.3) is 11.5 Å². The van der Waals surface area contributed by atoms with E-state index in [1.54, 1.807) is 0 Å². The normalized spacial score (nSPS) is 12.6. The molecule has 7 N–H and O–H groups in total. The Kier molecular flexibility index (Phi) is 13.2. The molecule has 3 aromatic rings. The summed E-state index contributed by atoms with van der Waals surface area (Å²) in [5.74, 6) is -4.32. The Balaban J connectivity index is 0.000000782. The number of anilines is 2. The number of hydrogen-bond acceptors (Lipinski definition) is 9. The van der Waals surface area contributed by atoms with Gasteiger partial charge in [0.1, 0.15) is 11.4 Å². The molecule has 1 aromatic carbocycles. The van der Waals surface area contributed by atoms with Crippen LogP contribution in [0.3, 0.4) is 0 Å². The number of rotatable bonds is 12. The fourth-order valence-corrected chi connectivity index (χ4v) is 5.33. The van der Waals surface area contributed by atoms with Gasteiger partial charge < -0.3 is 26.6 Å². The Morgan fingerprint density at radius 3 is 2.17 bits per heavy atom. The van der Waals surface area contributed by atoms with Gasteiger partial charge in [-0.3, -0.25) is 14.6 Å². The molecular formula is C25H31Cl3N7O6P. The SMILES string of the molecule is CCP(CC)CC.Nc1nc2ncc(CNc3ccc(C(=O)N[C@H](C(=O)O)C(Cl)C(Cl)(Cl)C(=O)O)cc3)nc2c(=O)[nH]1. The van der Waals surface area contributed by atoms with Crippen LogP contribution in [0, 0.1) is 0 Å². The third-order valence-corrected chi connectivity index (χ3v) is 10.2. The minimum atomic E-state index is -2.66. The van der Waals surface area contributed by atoms with E-state index in [1.807, 2.05) is 0 Å². The highest BCUT2D eigenvalue weighted by Crippen LogP contribution is 2.33. The lowest BCUT2D eigenvalue weighted by Gasteiger charge is -2.26. The molecule has 228 valence electrons. The van der Waals surface area contributed by atoms with Gasteiger partial charge >= 0.3 is 11.9 Å². The van der Waals surface area contributed by atoms with Gasteiger partial charge in [0.2, 0.25) is 10.3 Å². The summed E-state index contributed by atoms with van der Waals surface area (Å²) in [6.45, 7) is 7.05. The molecule has 17 heteroatoms. The second-order valence-corrected chi connectivity index (χ2v) is 13.7. The van der Waals surface area contributed by atoms with Crippen LogP contribution in [0.1, 0.15) is 36.8 Å². The van der Waals surface area contributed by atoms with Crippen molar-refractivity contribution in [2.24, 2.45) is 0 Å². The Morgan fingerprint density at radius 2 is 1.67 bits per heavy atom. The van der Waals surface area contributed by atoms with Crippen LogP contribution in [0.5, 0.6) is 0 Å². The number of alkyl halides is 3. The van der Waals surface area contributed by atoms with Crippen molar-refractivity contribution in [2.45, 2.75) is 43.1 Å². The fraction of sp³-hybridized carbons (Fsp3) is 0.400. The van der Waals surface area contributed by atoms with Crippen LogP contribution in [-0.4, -0.2) is 82.2 Å². The van der Waals surface area contributed by atoms with Gasteiger partial charge in [-0.05, 0) is 42.8 Å². The van der Waals surface area contributed by atoms with E-state index >= 15 is 0 Å². The van der Waals surface area contributed by atoms with Crippen molar-refractivity contribution in [1.29, 1.82) is 0 Å². The van der Waals surface area contributed by atoms with E-state index in [0.717, 1.165) is 0 Å². The Bertz CT molecular complexity index is 1450. The van der Waals surface area contributed by atoms with E-state index in [4.69, 9.17) is 45.6 Å². The van der Waals surface area contributed by atoms with Crippen molar-refractivity contribution in [3.63, 3.8) is 0 Å². The second-order valence-electron chi connectivity index (χ2n) is 8.65. The van der Waals surface area contributed by atoms with Crippen molar-refractivity contribution in [2.75, 3.05) is 29.5 Å². The summed E-state index contributed by atoms with van der Waals surface area (Å²) in [4.78, 5) is 61.6. The molecule has 0 aliphatic carbocycles.